The van der Waals surface area contributed by atoms with Gasteiger partial charge in [0.1, 0.15) is 0 Å². The molecule has 0 fully saturated rings. The zero-order valence-electron chi connectivity index (χ0n) is 11.3. The molecule has 0 aromatic rings. The van der Waals surface area contributed by atoms with E-state index in [1.54, 1.807) is 0 Å². The van der Waals surface area contributed by atoms with Crippen LogP contribution in [0.5, 0.6) is 0 Å². The van der Waals surface area contributed by atoms with Crippen molar-refractivity contribution in [3.8, 4) is 0 Å². The third kappa shape index (κ3) is 11.7. The monoisotopic (exact) mass is 227 g/mol. The van der Waals surface area contributed by atoms with Crippen LogP contribution in [-0.4, -0.2) is 25.8 Å². The topological polar surface area (TPSA) is 21.3 Å². The number of rotatable bonds is 11. The molecule has 0 saturated heterocycles. The Bertz CT molecular complexity index is 168. The molecule has 0 heterocycles. The van der Waals surface area contributed by atoms with Crippen molar-refractivity contribution in [2.24, 2.45) is 0 Å². The molecule has 0 saturated carbocycles. The predicted octanol–water partition coefficient (Wildman–Crippen LogP) is 3.53. The van der Waals surface area contributed by atoms with Crippen LogP contribution in [0.1, 0.15) is 52.9 Å². The Morgan fingerprint density at radius 1 is 1.31 bits per heavy atom. The summed E-state index contributed by atoms with van der Waals surface area (Å²) in [6.07, 6.45) is 6.68. The molecule has 2 heteroatoms. The van der Waals surface area contributed by atoms with Crippen LogP contribution in [0.2, 0.25) is 0 Å². The second kappa shape index (κ2) is 11.2. The zero-order valence-corrected chi connectivity index (χ0v) is 11.3. The molecule has 0 spiro atoms. The Morgan fingerprint density at radius 2 is 2.06 bits per heavy atom. The van der Waals surface area contributed by atoms with Gasteiger partial charge in [0.2, 0.25) is 0 Å². The smallest absolute Gasteiger partial charge is 0.0672 e. The van der Waals surface area contributed by atoms with Gasteiger partial charge < -0.3 is 10.1 Å². The van der Waals surface area contributed by atoms with Crippen molar-refractivity contribution in [2.45, 2.75) is 58.9 Å². The van der Waals surface area contributed by atoms with Crippen LogP contribution in [0.15, 0.2) is 12.2 Å². The molecule has 0 aromatic carbocycles. The van der Waals surface area contributed by atoms with E-state index >= 15 is 0 Å². The minimum absolute atomic E-state index is 0.616. The molecule has 1 atom stereocenters. The van der Waals surface area contributed by atoms with Crippen LogP contribution in [-0.2, 0) is 4.74 Å². The lowest BCUT2D eigenvalue weighted by Gasteiger charge is -2.13. The van der Waals surface area contributed by atoms with E-state index in [0.717, 1.165) is 18.7 Å². The molecule has 0 radical (unpaired) electrons. The van der Waals surface area contributed by atoms with E-state index < -0.39 is 0 Å². The first-order valence-corrected chi connectivity index (χ1v) is 6.62. The lowest BCUT2D eigenvalue weighted by Crippen LogP contribution is -2.29. The molecule has 1 unspecified atom stereocenters. The van der Waals surface area contributed by atoms with Gasteiger partial charge in [0, 0.05) is 12.6 Å². The van der Waals surface area contributed by atoms with Crippen molar-refractivity contribution in [3.63, 3.8) is 0 Å². The molecule has 0 aliphatic rings. The van der Waals surface area contributed by atoms with Crippen molar-refractivity contribution >= 4 is 0 Å². The van der Waals surface area contributed by atoms with Gasteiger partial charge in [-0.05, 0) is 20.3 Å². The standard InChI is InChI=1S/C14H29NO/c1-5-6-7-8-9-14(4)15-10-11-16-12-13(2)3/h14-15H,2,5-12H2,1,3-4H3. The van der Waals surface area contributed by atoms with Gasteiger partial charge in [-0.25, -0.2) is 0 Å². The second-order valence-corrected chi connectivity index (χ2v) is 4.71. The van der Waals surface area contributed by atoms with Crippen molar-refractivity contribution in [2.75, 3.05) is 19.8 Å². The van der Waals surface area contributed by atoms with Gasteiger partial charge >= 0.3 is 0 Å². The number of unbranched alkanes of at least 4 members (excludes halogenated alkanes) is 3. The molecular weight excluding hydrogens is 198 g/mol. The van der Waals surface area contributed by atoms with Gasteiger partial charge in [-0.15, -0.1) is 0 Å². The minimum Gasteiger partial charge on any atom is -0.376 e. The summed E-state index contributed by atoms with van der Waals surface area (Å²) in [7, 11) is 0. The second-order valence-electron chi connectivity index (χ2n) is 4.71. The van der Waals surface area contributed by atoms with Crippen molar-refractivity contribution < 1.29 is 4.74 Å². The first kappa shape index (κ1) is 15.7. The van der Waals surface area contributed by atoms with E-state index in [4.69, 9.17) is 4.74 Å². The van der Waals surface area contributed by atoms with Crippen LogP contribution in [0.4, 0.5) is 0 Å². The Hall–Kier alpha value is -0.340. The summed E-state index contributed by atoms with van der Waals surface area (Å²) in [6, 6.07) is 0.616. The molecule has 2 nitrogen and oxygen atoms in total. The highest BCUT2D eigenvalue weighted by Crippen LogP contribution is 2.04. The van der Waals surface area contributed by atoms with E-state index in [0.29, 0.717) is 12.6 Å². The summed E-state index contributed by atoms with van der Waals surface area (Å²) in [5, 5.41) is 3.48. The lowest BCUT2D eigenvalue weighted by molar-refractivity contribution is 0.155. The third-order valence-electron chi connectivity index (χ3n) is 2.58. The molecule has 0 bridgehead atoms. The van der Waals surface area contributed by atoms with Crippen LogP contribution in [0, 0.1) is 0 Å². The number of hydrogen-bond acceptors (Lipinski definition) is 2. The molecular formula is C14H29NO. The quantitative estimate of drug-likeness (QED) is 0.431. The molecule has 0 aromatic heterocycles. The summed E-state index contributed by atoms with van der Waals surface area (Å²) in [5.74, 6) is 0. The van der Waals surface area contributed by atoms with E-state index in [2.05, 4.69) is 25.7 Å². The molecule has 0 amide bonds. The van der Waals surface area contributed by atoms with Crippen LogP contribution >= 0.6 is 0 Å². The Kier molecular flexibility index (Phi) is 10.9. The molecule has 0 aliphatic carbocycles. The summed E-state index contributed by atoms with van der Waals surface area (Å²) in [4.78, 5) is 0. The number of hydrogen-bond donors (Lipinski definition) is 1. The average Bonchev–Trinajstić information content (AvgIpc) is 2.23. The fourth-order valence-corrected chi connectivity index (χ4v) is 1.60. The van der Waals surface area contributed by atoms with Gasteiger partial charge in [-0.1, -0.05) is 44.8 Å². The summed E-state index contributed by atoms with van der Waals surface area (Å²) < 4.78 is 5.43. The SMILES string of the molecule is C=C(C)COCCNC(C)CCCCCC. The molecule has 0 aliphatic heterocycles. The Labute approximate surface area is 101 Å². The molecule has 0 rings (SSSR count). The van der Waals surface area contributed by atoms with E-state index in [1.807, 2.05) is 6.92 Å². The largest absolute Gasteiger partial charge is 0.376 e. The van der Waals surface area contributed by atoms with Crippen molar-refractivity contribution in [1.82, 2.24) is 5.32 Å². The van der Waals surface area contributed by atoms with Gasteiger partial charge in [0.05, 0.1) is 13.2 Å². The maximum Gasteiger partial charge on any atom is 0.0672 e. The van der Waals surface area contributed by atoms with Crippen LogP contribution in [0.25, 0.3) is 0 Å². The highest BCUT2D eigenvalue weighted by molar-refractivity contribution is 4.87. The van der Waals surface area contributed by atoms with Crippen LogP contribution < -0.4 is 5.32 Å². The molecule has 1 N–H and O–H groups in total. The van der Waals surface area contributed by atoms with Crippen LogP contribution in [0.3, 0.4) is 0 Å². The number of ether oxygens (including phenoxy) is 1. The Balaban J connectivity index is 3.17. The molecule has 96 valence electrons. The van der Waals surface area contributed by atoms with E-state index in [9.17, 15) is 0 Å². The summed E-state index contributed by atoms with van der Waals surface area (Å²) >= 11 is 0. The third-order valence-corrected chi connectivity index (χ3v) is 2.58. The highest BCUT2D eigenvalue weighted by Gasteiger charge is 2.00. The lowest BCUT2D eigenvalue weighted by atomic mass is 10.1. The predicted molar refractivity (Wildman–Crippen MR) is 71.9 cm³/mol. The van der Waals surface area contributed by atoms with Gasteiger partial charge in [-0.3, -0.25) is 0 Å². The fourth-order valence-electron chi connectivity index (χ4n) is 1.60. The summed E-state index contributed by atoms with van der Waals surface area (Å²) in [5.41, 5.74) is 1.09. The maximum absolute atomic E-state index is 5.43. The minimum atomic E-state index is 0.616. The first-order chi connectivity index (χ1) is 7.66. The van der Waals surface area contributed by atoms with Gasteiger partial charge in [-0.2, -0.15) is 0 Å². The first-order valence-electron chi connectivity index (χ1n) is 6.62. The Morgan fingerprint density at radius 3 is 2.69 bits per heavy atom. The fraction of sp³-hybridized carbons (Fsp3) is 0.857. The van der Waals surface area contributed by atoms with E-state index in [1.165, 1.54) is 32.1 Å². The molecule has 16 heavy (non-hydrogen) atoms. The van der Waals surface area contributed by atoms with Crippen molar-refractivity contribution in [1.29, 1.82) is 0 Å². The highest BCUT2D eigenvalue weighted by atomic mass is 16.5. The summed E-state index contributed by atoms with van der Waals surface area (Å²) in [6.45, 7) is 12.7. The average molecular weight is 227 g/mol. The van der Waals surface area contributed by atoms with E-state index in [-0.39, 0.29) is 0 Å². The van der Waals surface area contributed by atoms with Gasteiger partial charge in [0.15, 0.2) is 0 Å². The van der Waals surface area contributed by atoms with Gasteiger partial charge in [0.25, 0.3) is 0 Å². The maximum atomic E-state index is 5.43. The normalized spacial score (nSPS) is 12.7. The zero-order chi connectivity index (χ0) is 12.2. The number of nitrogens with one attached hydrogen (secondary N) is 1. The van der Waals surface area contributed by atoms with Crippen molar-refractivity contribution in [3.05, 3.63) is 12.2 Å².